The van der Waals surface area contributed by atoms with E-state index in [0.29, 0.717) is 48.9 Å². The van der Waals surface area contributed by atoms with Crippen LogP contribution in [0.1, 0.15) is 64.6 Å². The van der Waals surface area contributed by atoms with Gasteiger partial charge in [0.15, 0.2) is 17.9 Å². The minimum Gasteiger partial charge on any atom is -0.469 e. The van der Waals surface area contributed by atoms with Crippen molar-refractivity contribution in [1.29, 1.82) is 0 Å². The van der Waals surface area contributed by atoms with Crippen LogP contribution in [0.2, 0.25) is 0 Å². The number of rotatable bonds is 5. The molecular formula is C26H25F3N2O5. The zero-order valence-electron chi connectivity index (χ0n) is 19.5. The average molecular weight is 502 g/mol. The van der Waals surface area contributed by atoms with E-state index in [-0.39, 0.29) is 30.3 Å². The number of carbonyl (C=O) groups is 3. The van der Waals surface area contributed by atoms with Crippen molar-refractivity contribution in [2.75, 3.05) is 7.11 Å². The molecule has 0 aliphatic carbocycles. The standard InChI is InChI=1S/C26H25F3N2O5/c1-36-23(32)12-22(31-24(33)16-4-2-3-5-17(16)25(31)34)13-8-14-6-7-15(9-13)30(14)26(35)18-10-20(28)21(29)11-19(18)27/h2-5,10-11,13-15,22,24,33H,6-9,12H2,1H3/t13?,14?,15?,22-,24?/m1/s1. The number of hydrogen-bond acceptors (Lipinski definition) is 5. The van der Waals surface area contributed by atoms with E-state index in [1.54, 1.807) is 24.3 Å². The van der Waals surface area contributed by atoms with Crippen molar-refractivity contribution in [3.05, 3.63) is 70.5 Å². The van der Waals surface area contributed by atoms with Gasteiger partial charge in [0.1, 0.15) is 5.82 Å². The maximum Gasteiger partial charge on any atom is 0.307 e. The maximum atomic E-state index is 14.3. The van der Waals surface area contributed by atoms with Gasteiger partial charge >= 0.3 is 5.97 Å². The number of ether oxygens (including phenoxy) is 1. The van der Waals surface area contributed by atoms with Gasteiger partial charge in [0, 0.05) is 35.3 Å². The van der Waals surface area contributed by atoms with Crippen LogP contribution in [-0.4, -0.2) is 57.9 Å². The molecule has 0 saturated carbocycles. The van der Waals surface area contributed by atoms with E-state index in [2.05, 4.69) is 0 Å². The summed E-state index contributed by atoms with van der Waals surface area (Å²) in [4.78, 5) is 41.6. The predicted octanol–water partition coefficient (Wildman–Crippen LogP) is 3.57. The van der Waals surface area contributed by atoms with Crippen LogP contribution in [0.3, 0.4) is 0 Å². The largest absolute Gasteiger partial charge is 0.469 e. The Hall–Kier alpha value is -3.40. The Morgan fingerprint density at radius 2 is 1.69 bits per heavy atom. The zero-order chi connectivity index (χ0) is 25.7. The topological polar surface area (TPSA) is 87.2 Å². The Morgan fingerprint density at radius 3 is 2.33 bits per heavy atom. The number of aliphatic hydroxyl groups is 1. The summed E-state index contributed by atoms with van der Waals surface area (Å²) < 4.78 is 46.4. The Kier molecular flexibility index (Phi) is 6.23. The van der Waals surface area contributed by atoms with Crippen LogP contribution in [0.15, 0.2) is 36.4 Å². The Balaban J connectivity index is 1.42. The summed E-state index contributed by atoms with van der Waals surface area (Å²) in [6, 6.07) is 6.27. The highest BCUT2D eigenvalue weighted by Gasteiger charge is 2.50. The second-order valence-corrected chi connectivity index (χ2v) is 9.60. The fourth-order valence-corrected chi connectivity index (χ4v) is 6.09. The zero-order valence-corrected chi connectivity index (χ0v) is 19.5. The molecule has 4 atom stereocenters. The van der Waals surface area contributed by atoms with Crippen LogP contribution in [0.25, 0.3) is 0 Å². The van der Waals surface area contributed by atoms with Crippen molar-refractivity contribution in [3.8, 4) is 0 Å². The highest BCUT2D eigenvalue weighted by molar-refractivity contribution is 5.99. The number of esters is 1. The molecular weight excluding hydrogens is 477 g/mol. The Morgan fingerprint density at radius 1 is 1.06 bits per heavy atom. The van der Waals surface area contributed by atoms with E-state index < -0.39 is 47.2 Å². The molecule has 7 nitrogen and oxygen atoms in total. The van der Waals surface area contributed by atoms with Gasteiger partial charge in [-0.15, -0.1) is 0 Å². The van der Waals surface area contributed by atoms with Crippen LogP contribution in [0.5, 0.6) is 0 Å². The lowest BCUT2D eigenvalue weighted by molar-refractivity contribution is -0.143. The first-order valence-electron chi connectivity index (χ1n) is 11.8. The monoisotopic (exact) mass is 502 g/mol. The van der Waals surface area contributed by atoms with Crippen molar-refractivity contribution in [2.45, 2.75) is 56.5 Å². The first-order valence-corrected chi connectivity index (χ1v) is 11.8. The lowest BCUT2D eigenvalue weighted by Gasteiger charge is -2.44. The van der Waals surface area contributed by atoms with Gasteiger partial charge < -0.3 is 19.6 Å². The SMILES string of the molecule is COC(=O)C[C@H](C1CC2CCC(C1)N2C(=O)c1cc(F)c(F)cc1F)N1C(=O)c2ccccc2C1O. The van der Waals surface area contributed by atoms with Crippen LogP contribution < -0.4 is 0 Å². The molecule has 0 aromatic heterocycles. The van der Waals surface area contributed by atoms with Gasteiger partial charge in [0.2, 0.25) is 0 Å². The minimum atomic E-state index is -1.37. The van der Waals surface area contributed by atoms with E-state index in [0.717, 1.165) is 0 Å². The van der Waals surface area contributed by atoms with Gasteiger partial charge in [-0.2, -0.15) is 0 Å². The smallest absolute Gasteiger partial charge is 0.307 e. The highest BCUT2D eigenvalue weighted by Crippen LogP contribution is 2.45. The number of nitrogens with zero attached hydrogens (tertiary/aromatic N) is 2. The lowest BCUT2D eigenvalue weighted by Crippen LogP contribution is -2.53. The predicted molar refractivity (Wildman–Crippen MR) is 120 cm³/mol. The van der Waals surface area contributed by atoms with Gasteiger partial charge in [-0.3, -0.25) is 14.4 Å². The molecule has 3 heterocycles. The average Bonchev–Trinajstić information content (AvgIpc) is 3.28. The van der Waals surface area contributed by atoms with Crippen LogP contribution >= 0.6 is 0 Å². The van der Waals surface area contributed by atoms with Gasteiger partial charge in [-0.05, 0) is 43.7 Å². The van der Waals surface area contributed by atoms with Crippen LogP contribution in [0, 0.1) is 23.4 Å². The Labute approximate surface area is 205 Å². The summed E-state index contributed by atoms with van der Waals surface area (Å²) in [5.74, 6) is -5.70. The summed E-state index contributed by atoms with van der Waals surface area (Å²) in [7, 11) is 1.25. The molecule has 2 aromatic rings. The number of amides is 2. The number of methoxy groups -OCH3 is 1. The fraction of sp³-hybridized carbons (Fsp3) is 0.423. The molecule has 10 heteroatoms. The molecule has 5 rings (SSSR count). The van der Waals surface area contributed by atoms with Gasteiger partial charge in [-0.1, -0.05) is 18.2 Å². The van der Waals surface area contributed by atoms with Crippen molar-refractivity contribution < 1.29 is 37.4 Å². The summed E-state index contributed by atoms with van der Waals surface area (Å²) in [6.45, 7) is 0. The quantitative estimate of drug-likeness (QED) is 0.499. The molecule has 2 fully saturated rings. The number of hydrogen-bond donors (Lipinski definition) is 1. The lowest BCUT2D eigenvalue weighted by atomic mass is 9.82. The summed E-state index contributed by atoms with van der Waals surface area (Å²) in [5, 5.41) is 11.0. The summed E-state index contributed by atoms with van der Waals surface area (Å²) >= 11 is 0. The molecule has 3 aliphatic heterocycles. The van der Waals surface area contributed by atoms with Gasteiger partial charge in [0.05, 0.1) is 19.1 Å². The van der Waals surface area contributed by atoms with Gasteiger partial charge in [-0.25, -0.2) is 13.2 Å². The summed E-state index contributed by atoms with van der Waals surface area (Å²) in [5.41, 5.74) is 0.293. The molecule has 2 aromatic carbocycles. The second-order valence-electron chi connectivity index (χ2n) is 9.60. The molecule has 1 N–H and O–H groups in total. The van der Waals surface area contributed by atoms with Crippen LogP contribution in [0.4, 0.5) is 13.2 Å². The van der Waals surface area contributed by atoms with E-state index >= 15 is 0 Å². The van der Waals surface area contributed by atoms with Crippen LogP contribution in [-0.2, 0) is 9.53 Å². The molecule has 3 unspecified atom stereocenters. The number of fused-ring (bicyclic) bond motifs is 3. The molecule has 2 bridgehead atoms. The molecule has 3 aliphatic rings. The molecule has 190 valence electrons. The first-order chi connectivity index (χ1) is 17.2. The first kappa shape index (κ1) is 24.3. The van der Waals surface area contributed by atoms with Crippen molar-refractivity contribution in [2.24, 2.45) is 5.92 Å². The van der Waals surface area contributed by atoms with E-state index in [4.69, 9.17) is 4.74 Å². The van der Waals surface area contributed by atoms with Crippen molar-refractivity contribution >= 4 is 17.8 Å². The maximum absolute atomic E-state index is 14.3. The third-order valence-corrected chi connectivity index (χ3v) is 7.72. The van der Waals surface area contributed by atoms with Crippen molar-refractivity contribution in [3.63, 3.8) is 0 Å². The van der Waals surface area contributed by atoms with Gasteiger partial charge in [0.25, 0.3) is 11.8 Å². The molecule has 0 radical (unpaired) electrons. The minimum absolute atomic E-state index is 0.136. The summed E-state index contributed by atoms with van der Waals surface area (Å²) in [6.07, 6.45) is 0.643. The Bertz CT molecular complexity index is 1220. The van der Waals surface area contributed by atoms with E-state index in [1.165, 1.54) is 16.9 Å². The number of aliphatic hydroxyl groups excluding tert-OH is 1. The van der Waals surface area contributed by atoms with Crippen molar-refractivity contribution in [1.82, 2.24) is 9.80 Å². The third-order valence-electron chi connectivity index (χ3n) is 7.72. The van der Waals surface area contributed by atoms with E-state index in [9.17, 15) is 32.7 Å². The molecule has 2 amide bonds. The third kappa shape index (κ3) is 3.93. The second kappa shape index (κ2) is 9.24. The number of piperidine rings is 1. The number of halogens is 3. The normalized spacial score (nSPS) is 25.6. The fourth-order valence-electron chi connectivity index (χ4n) is 6.09. The van der Waals surface area contributed by atoms with E-state index in [1.807, 2.05) is 0 Å². The molecule has 2 saturated heterocycles. The number of benzene rings is 2. The molecule has 0 spiro atoms. The highest BCUT2D eigenvalue weighted by atomic mass is 19.2. The molecule has 36 heavy (non-hydrogen) atoms. The number of carbonyl (C=O) groups excluding carboxylic acids is 3.